The highest BCUT2D eigenvalue weighted by atomic mass is 15.2. The maximum atomic E-state index is 5.10. The summed E-state index contributed by atoms with van der Waals surface area (Å²) < 4.78 is 0. The first-order chi connectivity index (χ1) is 28.7. The van der Waals surface area contributed by atoms with Gasteiger partial charge in [0.2, 0.25) is 0 Å². The molecule has 278 valence electrons. The highest BCUT2D eigenvalue weighted by Gasteiger charge is 2.23. The van der Waals surface area contributed by atoms with Crippen molar-refractivity contribution in [3.05, 3.63) is 222 Å². The molecule has 1 aliphatic heterocycles. The molecular formula is C52H40N6. The number of aliphatic imine (C=N–C) groups is 2. The normalized spacial score (nSPS) is 16.6. The van der Waals surface area contributed by atoms with Crippen molar-refractivity contribution in [2.45, 2.75) is 31.3 Å². The van der Waals surface area contributed by atoms with E-state index in [0.29, 0.717) is 5.82 Å². The van der Waals surface area contributed by atoms with E-state index in [0.717, 1.165) is 76.0 Å². The quantitative estimate of drug-likeness (QED) is 0.168. The van der Waals surface area contributed by atoms with E-state index in [1.54, 1.807) is 0 Å². The van der Waals surface area contributed by atoms with Crippen LogP contribution in [0.4, 0.5) is 0 Å². The van der Waals surface area contributed by atoms with E-state index in [9.17, 15) is 0 Å². The number of rotatable bonds is 8. The average Bonchev–Trinajstić information content (AvgIpc) is 3.32. The monoisotopic (exact) mass is 748 g/mol. The maximum absolute atomic E-state index is 5.10. The Bertz CT molecular complexity index is 2760. The van der Waals surface area contributed by atoms with E-state index in [2.05, 4.69) is 139 Å². The summed E-state index contributed by atoms with van der Waals surface area (Å²) in [6.07, 6.45) is 15.6. The third kappa shape index (κ3) is 7.24. The predicted octanol–water partition coefficient (Wildman–Crippen LogP) is 11.7. The smallest absolute Gasteiger partial charge is 0.169 e. The van der Waals surface area contributed by atoms with Crippen molar-refractivity contribution in [2.24, 2.45) is 9.98 Å². The van der Waals surface area contributed by atoms with Crippen LogP contribution in [0.3, 0.4) is 0 Å². The number of nitrogens with zero attached hydrogens (tertiary/aromatic N) is 5. The van der Waals surface area contributed by atoms with Gasteiger partial charge in [-0.3, -0.25) is 0 Å². The predicted molar refractivity (Wildman–Crippen MR) is 237 cm³/mol. The van der Waals surface area contributed by atoms with Crippen LogP contribution < -0.4 is 5.32 Å². The fourth-order valence-electron chi connectivity index (χ4n) is 7.86. The lowest BCUT2D eigenvalue weighted by atomic mass is 9.86. The fraction of sp³-hybridized carbons (Fsp3) is 0.0962. The Labute approximate surface area is 338 Å². The van der Waals surface area contributed by atoms with Crippen molar-refractivity contribution >= 4 is 33.6 Å². The van der Waals surface area contributed by atoms with Crippen molar-refractivity contribution in [1.82, 2.24) is 20.3 Å². The number of aromatic nitrogens is 3. The molecule has 6 aromatic carbocycles. The second kappa shape index (κ2) is 15.7. The van der Waals surface area contributed by atoms with Crippen molar-refractivity contribution in [3.63, 3.8) is 0 Å². The van der Waals surface area contributed by atoms with Crippen LogP contribution in [0.25, 0.3) is 44.4 Å². The van der Waals surface area contributed by atoms with Crippen LogP contribution in [0.2, 0.25) is 0 Å². The molecule has 3 aliphatic rings. The number of nitrogens with one attached hydrogen (secondary N) is 1. The van der Waals surface area contributed by atoms with Crippen LogP contribution in [0.1, 0.15) is 65.2 Å². The van der Waals surface area contributed by atoms with Gasteiger partial charge in [0.05, 0.1) is 0 Å². The molecule has 2 aliphatic carbocycles. The molecule has 58 heavy (non-hydrogen) atoms. The summed E-state index contributed by atoms with van der Waals surface area (Å²) in [6.45, 7) is 0. The highest BCUT2D eigenvalue weighted by Crippen LogP contribution is 2.38. The van der Waals surface area contributed by atoms with Gasteiger partial charge in [-0.2, -0.15) is 0 Å². The summed E-state index contributed by atoms with van der Waals surface area (Å²) in [4.78, 5) is 25.3. The van der Waals surface area contributed by atoms with Gasteiger partial charge in [0.1, 0.15) is 17.5 Å². The molecule has 0 fully saturated rings. The van der Waals surface area contributed by atoms with Crippen molar-refractivity contribution in [3.8, 4) is 22.5 Å². The molecule has 1 N–H and O–H groups in total. The van der Waals surface area contributed by atoms with E-state index in [4.69, 9.17) is 24.9 Å². The van der Waals surface area contributed by atoms with Crippen LogP contribution in [0.15, 0.2) is 198 Å². The lowest BCUT2D eigenvalue weighted by Gasteiger charge is -2.22. The van der Waals surface area contributed by atoms with Crippen LogP contribution in [-0.2, 0) is 0 Å². The Hall–Kier alpha value is -7.31. The molecule has 1 aromatic heterocycles. The number of hydrogen-bond donors (Lipinski definition) is 1. The van der Waals surface area contributed by atoms with E-state index >= 15 is 0 Å². The summed E-state index contributed by atoms with van der Waals surface area (Å²) >= 11 is 0. The van der Waals surface area contributed by atoms with Gasteiger partial charge < -0.3 is 5.32 Å². The zero-order valence-electron chi connectivity index (χ0n) is 31.9. The molecule has 10 rings (SSSR count). The SMILES string of the molecule is C1=CCCC(c2nc(-c3ccccc3)nc(C3C=CC(c4cc5ccccc5cc4-c4ccc(C5N=C(c6ccccc6)NC(c6ccccc6)=N5)cc4)=CC3)n2)=C1. The minimum absolute atomic E-state index is 0.0310. The number of fused-ring (bicyclic) bond motifs is 1. The number of allylic oxidation sites excluding steroid dienone is 8. The molecule has 0 saturated heterocycles. The second-order valence-corrected chi connectivity index (χ2v) is 14.8. The number of hydrogen-bond acceptors (Lipinski definition) is 6. The first-order valence-electron chi connectivity index (χ1n) is 19.9. The minimum Gasteiger partial charge on any atom is -0.324 e. The molecule has 6 nitrogen and oxygen atoms in total. The van der Waals surface area contributed by atoms with E-state index in [1.807, 2.05) is 54.6 Å². The largest absolute Gasteiger partial charge is 0.324 e. The second-order valence-electron chi connectivity index (χ2n) is 14.8. The lowest BCUT2D eigenvalue weighted by molar-refractivity contribution is 0.755. The Kier molecular flexibility index (Phi) is 9.49. The van der Waals surface area contributed by atoms with E-state index in [1.165, 1.54) is 27.5 Å². The van der Waals surface area contributed by atoms with Crippen LogP contribution in [-0.4, -0.2) is 26.6 Å². The lowest BCUT2D eigenvalue weighted by Crippen LogP contribution is -2.35. The first kappa shape index (κ1) is 35.1. The zero-order valence-corrected chi connectivity index (χ0v) is 31.9. The van der Waals surface area contributed by atoms with Crippen LogP contribution in [0, 0.1) is 0 Å². The zero-order chi connectivity index (χ0) is 38.7. The number of benzene rings is 6. The molecule has 0 radical (unpaired) electrons. The van der Waals surface area contributed by atoms with E-state index in [-0.39, 0.29) is 12.1 Å². The first-order valence-corrected chi connectivity index (χ1v) is 19.9. The Morgan fingerprint density at radius 1 is 0.552 bits per heavy atom. The van der Waals surface area contributed by atoms with Gasteiger partial charge >= 0.3 is 0 Å². The molecule has 1 unspecified atom stereocenters. The summed E-state index contributed by atoms with van der Waals surface area (Å²) in [6, 6.07) is 52.7. The molecular weight excluding hydrogens is 709 g/mol. The van der Waals surface area contributed by atoms with Gasteiger partial charge in [-0.25, -0.2) is 24.9 Å². The van der Waals surface area contributed by atoms with Crippen molar-refractivity contribution in [2.75, 3.05) is 0 Å². The van der Waals surface area contributed by atoms with Gasteiger partial charge in [0.15, 0.2) is 17.8 Å². The number of amidine groups is 2. The fourth-order valence-corrected chi connectivity index (χ4v) is 7.86. The summed E-state index contributed by atoms with van der Waals surface area (Å²) in [7, 11) is 0. The molecule has 0 saturated carbocycles. The standard InChI is InChI=1S/C52H40N6/c1-5-15-37(16-6-1)47-53-48(38-17-7-2-8-18-38)56-51(55-47)41-29-25-35(26-30-41)45-33-43-23-13-14-24-44(43)34-46(45)36-27-31-42(32-28-36)52-57-49(39-19-9-3-10-20-39)54-50(58-52)40-21-11-4-12-22-40/h1-11,13-21,23-31,33-34,42,51H,12,22,32H2,(H,53,55,56). The third-order valence-electron chi connectivity index (χ3n) is 11.0. The van der Waals surface area contributed by atoms with Crippen molar-refractivity contribution in [1.29, 1.82) is 0 Å². The molecule has 7 aromatic rings. The van der Waals surface area contributed by atoms with Crippen LogP contribution >= 0.6 is 0 Å². The molecule has 6 heteroatoms. The molecule has 2 heterocycles. The Morgan fingerprint density at radius 2 is 1.16 bits per heavy atom. The van der Waals surface area contributed by atoms with Crippen LogP contribution in [0.5, 0.6) is 0 Å². The minimum atomic E-state index is -0.387. The van der Waals surface area contributed by atoms with Gasteiger partial charge in [0.25, 0.3) is 0 Å². The van der Waals surface area contributed by atoms with Gasteiger partial charge in [0, 0.05) is 22.6 Å². The van der Waals surface area contributed by atoms with Gasteiger partial charge in [-0.1, -0.05) is 176 Å². The maximum Gasteiger partial charge on any atom is 0.169 e. The molecule has 0 bridgehead atoms. The Morgan fingerprint density at radius 3 is 1.76 bits per heavy atom. The average molecular weight is 749 g/mol. The topological polar surface area (TPSA) is 75.4 Å². The summed E-state index contributed by atoms with van der Waals surface area (Å²) in [5.41, 5.74) is 9.92. The van der Waals surface area contributed by atoms with Gasteiger partial charge in [-0.15, -0.1) is 0 Å². The Balaban J connectivity index is 0.985. The third-order valence-corrected chi connectivity index (χ3v) is 11.0. The van der Waals surface area contributed by atoms with E-state index < -0.39 is 0 Å². The van der Waals surface area contributed by atoms with Crippen molar-refractivity contribution < 1.29 is 0 Å². The molecule has 1 atom stereocenters. The highest BCUT2D eigenvalue weighted by molar-refractivity contribution is 6.15. The summed E-state index contributed by atoms with van der Waals surface area (Å²) in [5, 5.41) is 5.91. The summed E-state index contributed by atoms with van der Waals surface area (Å²) in [5.74, 6) is 3.93. The molecule has 0 amide bonds. The van der Waals surface area contributed by atoms with Gasteiger partial charge in [-0.05, 0) is 75.6 Å². The molecule has 0 spiro atoms.